The molecule has 0 saturated heterocycles. The van der Waals surface area contributed by atoms with Crippen LogP contribution in [0.25, 0.3) is 0 Å². The zero-order valence-corrected chi connectivity index (χ0v) is 11.5. The number of amides is 2. The Morgan fingerprint density at radius 1 is 1.50 bits per heavy atom. The van der Waals surface area contributed by atoms with Crippen LogP contribution in [0.2, 0.25) is 5.02 Å². The maximum atomic E-state index is 12.0. The van der Waals surface area contributed by atoms with Gasteiger partial charge >= 0.3 is 6.03 Å². The zero-order chi connectivity index (χ0) is 13.1. The van der Waals surface area contributed by atoms with Gasteiger partial charge in [0.25, 0.3) is 0 Å². The highest BCUT2D eigenvalue weighted by molar-refractivity contribution is 7.14. The summed E-state index contributed by atoms with van der Waals surface area (Å²) in [6.45, 7) is 1.89. The second-order valence-corrected chi connectivity index (χ2v) is 5.04. The second-order valence-electron chi connectivity index (χ2n) is 3.77. The quantitative estimate of drug-likeness (QED) is 0.911. The summed E-state index contributed by atoms with van der Waals surface area (Å²) in [5.74, 6) is 0. The third-order valence-electron chi connectivity index (χ3n) is 2.27. The van der Waals surface area contributed by atoms with E-state index in [0.29, 0.717) is 15.8 Å². The highest BCUT2D eigenvalue weighted by Gasteiger charge is 2.13. The predicted molar refractivity (Wildman–Crippen MR) is 75.7 cm³/mol. The summed E-state index contributed by atoms with van der Waals surface area (Å²) in [5, 5.41) is 5.90. The number of nitrogens with one attached hydrogen (secondary N) is 1. The number of nitrogens with zero attached hydrogens (tertiary/aromatic N) is 2. The second kappa shape index (κ2) is 5.37. The van der Waals surface area contributed by atoms with Crippen LogP contribution < -0.4 is 10.2 Å². The number of aryl methyl sites for hydroxylation is 1. The lowest BCUT2D eigenvalue weighted by molar-refractivity contribution is 0.258. The maximum absolute atomic E-state index is 12.0. The molecular weight excluding hydrogens is 270 g/mol. The molecule has 18 heavy (non-hydrogen) atoms. The maximum Gasteiger partial charge on any atom is 0.327 e. The number of thiazole rings is 1. The van der Waals surface area contributed by atoms with Crippen LogP contribution in [0.4, 0.5) is 15.6 Å². The number of benzene rings is 1. The highest BCUT2D eigenvalue weighted by atomic mass is 35.5. The molecule has 0 saturated carbocycles. The first-order chi connectivity index (χ1) is 8.56. The topological polar surface area (TPSA) is 45.2 Å². The molecule has 1 N–H and O–H groups in total. The van der Waals surface area contributed by atoms with Gasteiger partial charge in [-0.2, -0.15) is 0 Å². The molecule has 6 heteroatoms. The van der Waals surface area contributed by atoms with Gasteiger partial charge in [-0.05, 0) is 25.1 Å². The lowest BCUT2D eigenvalue weighted by Gasteiger charge is -2.14. The Morgan fingerprint density at radius 3 is 2.89 bits per heavy atom. The third kappa shape index (κ3) is 3.00. The average molecular weight is 282 g/mol. The summed E-state index contributed by atoms with van der Waals surface area (Å²) < 4.78 is 0. The first-order valence-electron chi connectivity index (χ1n) is 5.28. The van der Waals surface area contributed by atoms with Crippen LogP contribution in [-0.2, 0) is 0 Å². The standard InChI is InChI=1S/C12H12ClN3OS/c1-8-7-18-12(14-8)16(2)11(17)15-10-5-3-4-9(13)6-10/h3-7H,1-2H3,(H,15,17). The van der Waals surface area contributed by atoms with E-state index in [4.69, 9.17) is 11.6 Å². The van der Waals surface area contributed by atoms with E-state index in [2.05, 4.69) is 10.3 Å². The molecule has 0 aliphatic carbocycles. The van der Waals surface area contributed by atoms with Crippen LogP contribution in [0.15, 0.2) is 29.6 Å². The van der Waals surface area contributed by atoms with Crippen molar-refractivity contribution in [3.63, 3.8) is 0 Å². The molecule has 0 aliphatic rings. The molecule has 4 nitrogen and oxygen atoms in total. The Kier molecular flexibility index (Phi) is 3.84. The van der Waals surface area contributed by atoms with E-state index in [9.17, 15) is 4.79 Å². The molecule has 0 unspecified atom stereocenters. The molecule has 0 spiro atoms. The van der Waals surface area contributed by atoms with E-state index >= 15 is 0 Å². The lowest BCUT2D eigenvalue weighted by atomic mass is 10.3. The van der Waals surface area contributed by atoms with Crippen LogP contribution in [-0.4, -0.2) is 18.1 Å². The van der Waals surface area contributed by atoms with E-state index in [1.165, 1.54) is 16.2 Å². The number of urea groups is 1. The Bertz CT molecular complexity index is 570. The van der Waals surface area contributed by atoms with Crippen molar-refractivity contribution in [2.24, 2.45) is 0 Å². The fraction of sp³-hybridized carbons (Fsp3) is 0.167. The number of aromatic nitrogens is 1. The van der Waals surface area contributed by atoms with Crippen molar-refractivity contribution in [2.75, 3.05) is 17.3 Å². The van der Waals surface area contributed by atoms with Gasteiger partial charge in [-0.3, -0.25) is 4.90 Å². The number of hydrogen-bond acceptors (Lipinski definition) is 3. The molecular formula is C12H12ClN3OS. The molecule has 0 radical (unpaired) electrons. The molecule has 0 fully saturated rings. The van der Waals surface area contributed by atoms with Crippen molar-refractivity contribution in [3.05, 3.63) is 40.4 Å². The highest BCUT2D eigenvalue weighted by Crippen LogP contribution is 2.20. The third-order valence-corrected chi connectivity index (χ3v) is 3.54. The minimum Gasteiger partial charge on any atom is -0.307 e. The lowest BCUT2D eigenvalue weighted by Crippen LogP contribution is -2.31. The molecule has 1 aromatic carbocycles. The molecule has 0 aliphatic heterocycles. The SMILES string of the molecule is Cc1csc(N(C)C(=O)Nc2cccc(Cl)c2)n1. The van der Waals surface area contributed by atoms with Crippen molar-refractivity contribution < 1.29 is 4.79 Å². The normalized spacial score (nSPS) is 10.2. The minimum atomic E-state index is -0.244. The van der Waals surface area contributed by atoms with Gasteiger partial charge in [0.05, 0.1) is 5.69 Å². The number of rotatable bonds is 2. The van der Waals surface area contributed by atoms with Gasteiger partial charge in [0, 0.05) is 23.1 Å². The molecule has 0 bridgehead atoms. The van der Waals surface area contributed by atoms with Gasteiger partial charge < -0.3 is 5.32 Å². The van der Waals surface area contributed by atoms with Gasteiger partial charge in [0.15, 0.2) is 5.13 Å². The average Bonchev–Trinajstić information content (AvgIpc) is 2.75. The van der Waals surface area contributed by atoms with E-state index < -0.39 is 0 Å². The number of carbonyl (C=O) groups excluding carboxylic acids is 1. The van der Waals surface area contributed by atoms with Crippen molar-refractivity contribution in [1.29, 1.82) is 0 Å². The van der Waals surface area contributed by atoms with Crippen LogP contribution in [0.5, 0.6) is 0 Å². The van der Waals surface area contributed by atoms with Gasteiger partial charge in [-0.25, -0.2) is 9.78 Å². The first-order valence-corrected chi connectivity index (χ1v) is 6.54. The first kappa shape index (κ1) is 12.9. The van der Waals surface area contributed by atoms with Crippen LogP contribution in [0, 0.1) is 6.92 Å². The van der Waals surface area contributed by atoms with Gasteiger partial charge in [0.2, 0.25) is 0 Å². The monoisotopic (exact) mass is 281 g/mol. The number of hydrogen-bond donors (Lipinski definition) is 1. The summed E-state index contributed by atoms with van der Waals surface area (Å²) in [6, 6.07) is 6.77. The van der Waals surface area contributed by atoms with Gasteiger partial charge in [-0.1, -0.05) is 17.7 Å². The Balaban J connectivity index is 2.08. The Hall–Kier alpha value is -1.59. The van der Waals surface area contributed by atoms with Crippen LogP contribution in [0.3, 0.4) is 0 Å². The molecule has 2 amide bonds. The number of anilines is 2. The Labute approximate surface area is 114 Å². The summed E-state index contributed by atoms with van der Waals surface area (Å²) in [7, 11) is 1.68. The molecule has 1 aromatic heterocycles. The van der Waals surface area contributed by atoms with Crippen LogP contribution in [0.1, 0.15) is 5.69 Å². The summed E-state index contributed by atoms with van der Waals surface area (Å²) >= 11 is 7.28. The molecule has 2 rings (SSSR count). The van der Waals surface area contributed by atoms with Crippen molar-refractivity contribution in [1.82, 2.24) is 4.98 Å². The fourth-order valence-electron chi connectivity index (χ4n) is 1.36. The van der Waals surface area contributed by atoms with E-state index in [1.807, 2.05) is 12.3 Å². The number of carbonyl (C=O) groups is 1. The molecule has 94 valence electrons. The van der Waals surface area contributed by atoms with E-state index in [0.717, 1.165) is 5.69 Å². The van der Waals surface area contributed by atoms with Crippen molar-refractivity contribution in [2.45, 2.75) is 6.92 Å². The van der Waals surface area contributed by atoms with Crippen molar-refractivity contribution >= 4 is 39.8 Å². The summed E-state index contributed by atoms with van der Waals surface area (Å²) in [4.78, 5) is 17.7. The molecule has 1 heterocycles. The molecule has 2 aromatic rings. The van der Waals surface area contributed by atoms with Crippen LogP contribution >= 0.6 is 22.9 Å². The zero-order valence-electron chi connectivity index (χ0n) is 9.98. The van der Waals surface area contributed by atoms with E-state index in [-0.39, 0.29) is 6.03 Å². The fourth-order valence-corrected chi connectivity index (χ4v) is 2.31. The summed E-state index contributed by atoms with van der Waals surface area (Å²) in [5.41, 5.74) is 1.56. The van der Waals surface area contributed by atoms with E-state index in [1.54, 1.807) is 31.3 Å². The molecule has 0 atom stereocenters. The predicted octanol–water partition coefficient (Wildman–Crippen LogP) is 3.77. The summed E-state index contributed by atoms with van der Waals surface area (Å²) in [6.07, 6.45) is 0. The van der Waals surface area contributed by atoms with Gasteiger partial charge in [-0.15, -0.1) is 11.3 Å². The Morgan fingerprint density at radius 2 is 2.28 bits per heavy atom. The smallest absolute Gasteiger partial charge is 0.307 e. The van der Waals surface area contributed by atoms with Crippen molar-refractivity contribution in [3.8, 4) is 0 Å². The minimum absolute atomic E-state index is 0.244. The van der Waals surface area contributed by atoms with Gasteiger partial charge in [0.1, 0.15) is 0 Å². The largest absolute Gasteiger partial charge is 0.327 e. The number of halogens is 1.